The van der Waals surface area contributed by atoms with Gasteiger partial charge < -0.3 is 0 Å². The van der Waals surface area contributed by atoms with Crippen molar-refractivity contribution in [2.45, 2.75) is 30.9 Å². The third-order valence-corrected chi connectivity index (χ3v) is 4.78. The zero-order valence-corrected chi connectivity index (χ0v) is 8.59. The molecule has 0 aliphatic heterocycles. The van der Waals surface area contributed by atoms with Crippen LogP contribution in [0.3, 0.4) is 0 Å². The fourth-order valence-electron chi connectivity index (χ4n) is 1.14. The molecule has 1 aliphatic rings. The predicted octanol–water partition coefficient (Wildman–Crippen LogP) is 3.25. The van der Waals surface area contributed by atoms with Crippen LogP contribution in [0.4, 0.5) is 9.18 Å². The first kappa shape index (κ1) is 10.2. The van der Waals surface area contributed by atoms with E-state index in [-0.39, 0.29) is 0 Å². The summed E-state index contributed by atoms with van der Waals surface area (Å²) in [5.41, 5.74) is 0. The summed E-state index contributed by atoms with van der Waals surface area (Å²) in [6.45, 7) is 0. The van der Waals surface area contributed by atoms with Gasteiger partial charge in [-0.05, 0) is 12.8 Å². The van der Waals surface area contributed by atoms with Crippen LogP contribution in [0.5, 0.6) is 0 Å². The molecule has 0 saturated heterocycles. The average Bonchev–Trinajstić information content (AvgIpc) is 2.51. The van der Waals surface area contributed by atoms with E-state index in [2.05, 4.69) is 0 Å². The Bertz CT molecular complexity index is 161. The van der Waals surface area contributed by atoms with Gasteiger partial charge in [0, 0.05) is 23.3 Å². The number of carbonyl (C=O) groups excluding carboxylic acids is 1. The molecule has 12 heavy (non-hydrogen) atoms. The fraction of sp³-hybridized carbons (Fsp3) is 0.857. The lowest BCUT2D eigenvalue weighted by atomic mass is 10.4. The molecule has 1 amide bonds. The third-order valence-electron chi connectivity index (χ3n) is 1.84. The van der Waals surface area contributed by atoms with E-state index in [4.69, 9.17) is 0 Å². The molecule has 0 unspecified atom stereocenters. The average molecular weight is 209 g/mol. The second kappa shape index (κ2) is 4.97. The van der Waals surface area contributed by atoms with E-state index in [0.717, 1.165) is 4.31 Å². The largest absolute Gasteiger partial charge is 0.410 e. The second-order valence-corrected chi connectivity index (χ2v) is 5.41. The van der Waals surface area contributed by atoms with Crippen molar-refractivity contribution in [1.82, 2.24) is 4.31 Å². The van der Waals surface area contributed by atoms with Crippen molar-refractivity contribution in [2.75, 3.05) is 7.05 Å². The van der Waals surface area contributed by atoms with Crippen LogP contribution in [-0.4, -0.2) is 22.8 Å². The first-order chi connectivity index (χ1) is 5.70. The Morgan fingerprint density at radius 1 is 1.50 bits per heavy atom. The molecule has 0 aromatic heterocycles. The fourth-order valence-corrected chi connectivity index (χ4v) is 3.48. The summed E-state index contributed by atoms with van der Waals surface area (Å²) in [6.07, 6.45) is 3.57. The lowest BCUT2D eigenvalue weighted by molar-refractivity contribution is 0.210. The Morgan fingerprint density at radius 3 is 2.58 bits per heavy atom. The summed E-state index contributed by atoms with van der Waals surface area (Å²) < 4.78 is 13.1. The predicted molar refractivity (Wildman–Crippen MR) is 51.7 cm³/mol. The highest BCUT2D eigenvalue weighted by molar-refractivity contribution is 8.76. The van der Waals surface area contributed by atoms with E-state index < -0.39 is 6.16 Å². The zero-order valence-electron chi connectivity index (χ0n) is 6.96. The number of rotatable bonds is 3. The van der Waals surface area contributed by atoms with Crippen molar-refractivity contribution < 1.29 is 9.18 Å². The van der Waals surface area contributed by atoms with Crippen LogP contribution in [0.2, 0.25) is 0 Å². The summed E-state index contributed by atoms with van der Waals surface area (Å²) in [5.74, 6) is 0. The quantitative estimate of drug-likeness (QED) is 0.308. The monoisotopic (exact) mass is 209 g/mol. The Labute approximate surface area is 79.8 Å². The number of carbonyl (C=O) groups is 1. The van der Waals surface area contributed by atoms with Crippen LogP contribution in [-0.2, 0) is 0 Å². The van der Waals surface area contributed by atoms with E-state index in [1.54, 1.807) is 10.8 Å². The lowest BCUT2D eigenvalue weighted by Crippen LogP contribution is -2.11. The maximum absolute atomic E-state index is 12.0. The number of amides is 1. The van der Waals surface area contributed by atoms with Gasteiger partial charge in [-0.1, -0.05) is 23.6 Å². The molecule has 2 nitrogen and oxygen atoms in total. The van der Waals surface area contributed by atoms with Crippen LogP contribution in [0.25, 0.3) is 0 Å². The van der Waals surface area contributed by atoms with Gasteiger partial charge in [-0.2, -0.15) is 0 Å². The summed E-state index contributed by atoms with van der Waals surface area (Å²) in [7, 11) is 4.26. The molecule has 70 valence electrons. The van der Waals surface area contributed by atoms with Crippen LogP contribution in [0.15, 0.2) is 0 Å². The molecule has 0 aromatic carbocycles. The first-order valence-electron chi connectivity index (χ1n) is 3.97. The number of halogens is 1. The molecule has 0 heterocycles. The standard InChI is InChI=1S/C7H12FNOS2/c1-9(7(8)10)12-11-6-4-2-3-5-6/h6H,2-5H2,1H3. The van der Waals surface area contributed by atoms with E-state index >= 15 is 0 Å². The Kier molecular flexibility index (Phi) is 4.21. The minimum absolute atomic E-state index is 0.608. The van der Waals surface area contributed by atoms with Crippen molar-refractivity contribution in [3.05, 3.63) is 0 Å². The Balaban J connectivity index is 2.11. The van der Waals surface area contributed by atoms with E-state index in [9.17, 15) is 9.18 Å². The van der Waals surface area contributed by atoms with Crippen LogP contribution >= 0.6 is 21.8 Å². The maximum atomic E-state index is 12.0. The summed E-state index contributed by atoms with van der Waals surface area (Å²) >= 11 is 0. The van der Waals surface area contributed by atoms with Gasteiger partial charge in [0.05, 0.1) is 0 Å². The molecule has 0 spiro atoms. The van der Waals surface area contributed by atoms with Crippen molar-refractivity contribution in [1.29, 1.82) is 0 Å². The third kappa shape index (κ3) is 3.23. The molecule has 0 aromatic rings. The van der Waals surface area contributed by atoms with Gasteiger partial charge in [0.15, 0.2) is 0 Å². The molecule has 0 atom stereocenters. The molecule has 1 saturated carbocycles. The molecule has 5 heteroatoms. The minimum atomic E-state index is -1.37. The molecule has 1 rings (SSSR count). The summed E-state index contributed by atoms with van der Waals surface area (Å²) in [6, 6.07) is 0. The smallest absolute Gasteiger partial charge is 0.252 e. The highest BCUT2D eigenvalue weighted by Crippen LogP contribution is 2.38. The van der Waals surface area contributed by atoms with Crippen LogP contribution in [0, 0.1) is 0 Å². The van der Waals surface area contributed by atoms with Crippen molar-refractivity contribution in [2.24, 2.45) is 0 Å². The van der Waals surface area contributed by atoms with E-state index in [0.29, 0.717) is 5.25 Å². The highest BCUT2D eigenvalue weighted by atomic mass is 33.1. The van der Waals surface area contributed by atoms with Crippen molar-refractivity contribution in [3.63, 3.8) is 0 Å². The normalized spacial score (nSPS) is 18.2. The van der Waals surface area contributed by atoms with Gasteiger partial charge in [0.1, 0.15) is 0 Å². The molecule has 1 fully saturated rings. The lowest BCUT2D eigenvalue weighted by Gasteiger charge is -2.12. The topological polar surface area (TPSA) is 20.3 Å². The van der Waals surface area contributed by atoms with Crippen LogP contribution in [0.1, 0.15) is 25.7 Å². The molecule has 0 radical (unpaired) electrons. The van der Waals surface area contributed by atoms with Gasteiger partial charge in [-0.3, -0.25) is 4.31 Å². The Morgan fingerprint density at radius 2 is 2.08 bits per heavy atom. The highest BCUT2D eigenvalue weighted by Gasteiger charge is 2.18. The SMILES string of the molecule is CN(SSC1CCCC1)C(=O)F. The number of hydrogen-bond acceptors (Lipinski definition) is 3. The number of hydrogen-bond donors (Lipinski definition) is 0. The Hall–Kier alpha value is 0.1000. The van der Waals surface area contributed by atoms with Gasteiger partial charge in [0.25, 0.3) is 0 Å². The molecule has 0 N–H and O–H groups in total. The molecular formula is C7H12FNOS2. The summed E-state index contributed by atoms with van der Waals surface area (Å²) in [4.78, 5) is 10.2. The first-order valence-corrected chi connectivity index (χ1v) is 6.14. The maximum Gasteiger partial charge on any atom is 0.410 e. The van der Waals surface area contributed by atoms with E-state index in [1.807, 2.05) is 0 Å². The van der Waals surface area contributed by atoms with Crippen molar-refractivity contribution >= 4 is 27.9 Å². The van der Waals surface area contributed by atoms with Gasteiger partial charge in [-0.15, -0.1) is 4.39 Å². The molecule has 0 bridgehead atoms. The van der Waals surface area contributed by atoms with Crippen LogP contribution < -0.4 is 0 Å². The molecule has 1 aliphatic carbocycles. The van der Waals surface area contributed by atoms with Gasteiger partial charge in [-0.25, -0.2) is 4.79 Å². The number of nitrogens with zero attached hydrogens (tertiary/aromatic N) is 1. The van der Waals surface area contributed by atoms with Crippen molar-refractivity contribution in [3.8, 4) is 0 Å². The minimum Gasteiger partial charge on any atom is -0.252 e. The summed E-state index contributed by atoms with van der Waals surface area (Å²) in [5, 5.41) is 0.608. The molecular weight excluding hydrogens is 197 g/mol. The second-order valence-electron chi connectivity index (χ2n) is 2.83. The van der Waals surface area contributed by atoms with Gasteiger partial charge in [0.2, 0.25) is 0 Å². The van der Waals surface area contributed by atoms with Gasteiger partial charge >= 0.3 is 6.16 Å². The zero-order chi connectivity index (χ0) is 8.97. The van der Waals surface area contributed by atoms with E-state index in [1.165, 1.54) is 43.7 Å².